The summed E-state index contributed by atoms with van der Waals surface area (Å²) < 4.78 is 14.9. The number of benzene rings is 3. The first-order valence-electron chi connectivity index (χ1n) is 14.0. The van der Waals surface area contributed by atoms with E-state index in [9.17, 15) is 4.79 Å². The van der Waals surface area contributed by atoms with Crippen LogP contribution in [0.5, 0.6) is 11.5 Å². The van der Waals surface area contributed by atoms with Gasteiger partial charge >= 0.3 is 0 Å². The molecule has 208 valence electrons. The van der Waals surface area contributed by atoms with Gasteiger partial charge in [-0.25, -0.2) is 4.99 Å². The normalized spacial score (nSPS) is 17.7. The molecule has 0 saturated heterocycles. The van der Waals surface area contributed by atoms with Crippen LogP contribution in [0.25, 0.3) is 12.2 Å². The lowest BCUT2D eigenvalue weighted by Gasteiger charge is -2.31. The van der Waals surface area contributed by atoms with Crippen molar-refractivity contribution in [3.05, 3.63) is 130 Å². The van der Waals surface area contributed by atoms with Gasteiger partial charge in [-0.2, -0.15) is 0 Å². The third-order valence-corrected chi connectivity index (χ3v) is 8.85. The van der Waals surface area contributed by atoms with E-state index in [-0.39, 0.29) is 11.6 Å². The van der Waals surface area contributed by atoms with Crippen molar-refractivity contribution in [2.75, 3.05) is 13.2 Å². The molecule has 2 heterocycles. The molecule has 3 aromatic carbocycles. The number of hydrogen-bond acceptors (Lipinski definition) is 5. The van der Waals surface area contributed by atoms with E-state index in [1.165, 1.54) is 22.5 Å². The Kier molecular flexibility index (Phi) is 8.08. The molecule has 5 nitrogen and oxygen atoms in total. The number of fused-ring (bicyclic) bond motifs is 1. The monoisotopic (exact) mass is 626 g/mol. The third kappa shape index (κ3) is 5.74. The maximum atomic E-state index is 14.0. The van der Waals surface area contributed by atoms with Crippen LogP contribution >= 0.6 is 27.3 Å². The van der Waals surface area contributed by atoms with Gasteiger partial charge in [-0.1, -0.05) is 63.7 Å². The molecule has 0 N–H and O–H groups in total. The molecule has 6 rings (SSSR count). The van der Waals surface area contributed by atoms with Crippen molar-refractivity contribution in [1.29, 1.82) is 0 Å². The number of aromatic nitrogens is 1. The first-order valence-corrected chi connectivity index (χ1v) is 15.6. The van der Waals surface area contributed by atoms with E-state index in [2.05, 4.69) is 46.3 Å². The highest BCUT2D eigenvalue weighted by molar-refractivity contribution is 9.10. The van der Waals surface area contributed by atoms with Crippen molar-refractivity contribution in [3.63, 3.8) is 0 Å². The maximum Gasteiger partial charge on any atom is 0.271 e. The number of halogens is 1. The maximum absolute atomic E-state index is 14.0. The Morgan fingerprint density at radius 2 is 1.49 bits per heavy atom. The van der Waals surface area contributed by atoms with Gasteiger partial charge in [0.1, 0.15) is 11.5 Å². The zero-order valence-electron chi connectivity index (χ0n) is 23.1. The van der Waals surface area contributed by atoms with Crippen molar-refractivity contribution >= 4 is 39.4 Å². The molecule has 1 aromatic heterocycles. The molecular weight excluding hydrogens is 596 g/mol. The minimum absolute atomic E-state index is 0.00952. The van der Waals surface area contributed by atoms with E-state index in [4.69, 9.17) is 14.5 Å². The number of thiazole rings is 1. The van der Waals surface area contributed by atoms with Crippen LogP contribution in [0.2, 0.25) is 0 Å². The largest absolute Gasteiger partial charge is 0.494 e. The Hall–Kier alpha value is -3.68. The molecule has 2 aliphatic rings. The molecule has 0 spiro atoms. The highest BCUT2D eigenvalue weighted by Crippen LogP contribution is 2.41. The fraction of sp³-hybridized carbons (Fsp3) is 0.235. The smallest absolute Gasteiger partial charge is 0.271 e. The molecule has 0 bridgehead atoms. The number of allylic oxidation sites excluding steroid dienone is 2. The minimum Gasteiger partial charge on any atom is -0.494 e. The molecule has 1 unspecified atom stereocenters. The number of ether oxygens (including phenoxy) is 2. The fourth-order valence-electron chi connectivity index (χ4n) is 5.51. The van der Waals surface area contributed by atoms with E-state index in [0.29, 0.717) is 17.7 Å². The second-order valence-electron chi connectivity index (χ2n) is 10.0. The van der Waals surface area contributed by atoms with Crippen molar-refractivity contribution < 1.29 is 9.47 Å². The average Bonchev–Trinajstić information content (AvgIpc) is 3.29. The van der Waals surface area contributed by atoms with Gasteiger partial charge in [-0.3, -0.25) is 9.36 Å². The summed E-state index contributed by atoms with van der Waals surface area (Å²) in [5.41, 5.74) is 6.57. The van der Waals surface area contributed by atoms with Crippen molar-refractivity contribution in [1.82, 2.24) is 4.57 Å². The molecule has 4 aromatic rings. The lowest BCUT2D eigenvalue weighted by atomic mass is 9.84. The topological polar surface area (TPSA) is 52.8 Å². The van der Waals surface area contributed by atoms with Gasteiger partial charge in [0.2, 0.25) is 0 Å². The van der Waals surface area contributed by atoms with Crippen LogP contribution in [0.15, 0.2) is 104 Å². The van der Waals surface area contributed by atoms with Gasteiger partial charge in [0.05, 0.1) is 29.5 Å². The van der Waals surface area contributed by atoms with Crippen molar-refractivity contribution in [3.8, 4) is 11.5 Å². The zero-order valence-corrected chi connectivity index (χ0v) is 25.5. The number of nitrogens with zero attached hydrogens (tertiary/aromatic N) is 2. The van der Waals surface area contributed by atoms with Crippen LogP contribution in [0.4, 0.5) is 0 Å². The first-order chi connectivity index (χ1) is 20.0. The van der Waals surface area contributed by atoms with E-state index < -0.39 is 0 Å². The predicted octanol–water partition coefficient (Wildman–Crippen LogP) is 7.04. The molecule has 0 radical (unpaired) electrons. The van der Waals surface area contributed by atoms with Crippen molar-refractivity contribution in [2.45, 2.75) is 39.2 Å². The molecule has 0 fully saturated rings. The second-order valence-corrected chi connectivity index (χ2v) is 12.0. The van der Waals surface area contributed by atoms with E-state index >= 15 is 0 Å². The average molecular weight is 628 g/mol. The van der Waals surface area contributed by atoms with Crippen LogP contribution in [0.1, 0.15) is 55.8 Å². The van der Waals surface area contributed by atoms with Crippen molar-refractivity contribution in [2.24, 2.45) is 4.99 Å². The molecule has 0 saturated carbocycles. The van der Waals surface area contributed by atoms with Gasteiger partial charge in [0.15, 0.2) is 4.80 Å². The summed E-state index contributed by atoms with van der Waals surface area (Å²) >= 11 is 4.95. The molecule has 7 heteroatoms. The summed E-state index contributed by atoms with van der Waals surface area (Å²) in [6, 6.07) is 24.1. The SMILES string of the molecule is CCOc1ccc(/C=C2/CCCC3=C2N=c2s/c(=C/c4ccc(Br)cc4)c(=O)n2C3c2ccc(OCC)cc2)cc1. The van der Waals surface area contributed by atoms with Crippen LogP contribution in [-0.4, -0.2) is 17.8 Å². The Bertz CT molecular complexity index is 1800. The third-order valence-electron chi connectivity index (χ3n) is 7.34. The van der Waals surface area contributed by atoms with E-state index in [1.54, 1.807) is 0 Å². The second kappa shape index (κ2) is 12.0. The van der Waals surface area contributed by atoms with Gasteiger partial charge in [0, 0.05) is 4.47 Å². The van der Waals surface area contributed by atoms with Gasteiger partial charge in [0.25, 0.3) is 5.56 Å². The highest BCUT2D eigenvalue weighted by Gasteiger charge is 2.32. The Balaban J connectivity index is 1.51. The summed E-state index contributed by atoms with van der Waals surface area (Å²) in [7, 11) is 0. The number of rotatable bonds is 7. The lowest BCUT2D eigenvalue weighted by molar-refractivity contribution is 0.340. The van der Waals surface area contributed by atoms with E-state index in [0.717, 1.165) is 62.4 Å². The summed E-state index contributed by atoms with van der Waals surface area (Å²) in [5.74, 6) is 1.70. The van der Waals surface area contributed by atoms with Crippen LogP contribution < -0.4 is 24.4 Å². The Morgan fingerprint density at radius 1 is 0.878 bits per heavy atom. The van der Waals surface area contributed by atoms with E-state index in [1.807, 2.05) is 73.0 Å². The first kappa shape index (κ1) is 27.5. The quantitative estimate of drug-likeness (QED) is 0.221. The zero-order chi connectivity index (χ0) is 28.3. The Labute approximate surface area is 251 Å². The molecule has 1 atom stereocenters. The highest BCUT2D eigenvalue weighted by atomic mass is 79.9. The van der Waals surface area contributed by atoms with Gasteiger partial charge in [-0.05, 0) is 109 Å². The molecule has 1 aliphatic carbocycles. The summed E-state index contributed by atoms with van der Waals surface area (Å²) in [5, 5.41) is 0. The fourth-order valence-corrected chi connectivity index (χ4v) is 6.77. The summed E-state index contributed by atoms with van der Waals surface area (Å²) in [6.45, 7) is 5.23. The Morgan fingerprint density at radius 3 is 2.15 bits per heavy atom. The molecule has 1 aliphatic heterocycles. The van der Waals surface area contributed by atoms with Crippen LogP contribution in [-0.2, 0) is 0 Å². The molecule has 0 amide bonds. The van der Waals surface area contributed by atoms with Crippen LogP contribution in [0.3, 0.4) is 0 Å². The number of hydrogen-bond donors (Lipinski definition) is 0. The molecular formula is C34H31BrN2O3S. The molecule has 41 heavy (non-hydrogen) atoms. The standard InChI is InChI=1S/C34H31BrN2O3S/c1-3-39-27-16-10-22(11-17-27)20-25-6-5-7-29-31(25)36-34-37(32(29)24-12-18-28(19-13-24)40-4-2)33(38)30(41-34)21-23-8-14-26(35)15-9-23/h8-21,32H,3-7H2,1-2H3/b25-20-,30-21+. The van der Waals surface area contributed by atoms with Crippen LogP contribution in [0, 0.1) is 0 Å². The predicted molar refractivity (Wildman–Crippen MR) is 169 cm³/mol. The summed E-state index contributed by atoms with van der Waals surface area (Å²) in [4.78, 5) is 19.9. The lowest BCUT2D eigenvalue weighted by Crippen LogP contribution is -2.39. The minimum atomic E-state index is -0.215. The van der Waals surface area contributed by atoms with Gasteiger partial charge < -0.3 is 9.47 Å². The van der Waals surface area contributed by atoms with Gasteiger partial charge in [-0.15, -0.1) is 0 Å². The summed E-state index contributed by atoms with van der Waals surface area (Å²) in [6.07, 6.45) is 7.05.